The van der Waals surface area contributed by atoms with Gasteiger partial charge in [-0.1, -0.05) is 48.5 Å². The van der Waals surface area contributed by atoms with Gasteiger partial charge in [0.15, 0.2) is 0 Å². The van der Waals surface area contributed by atoms with Crippen LogP contribution in [0, 0.1) is 0 Å². The van der Waals surface area contributed by atoms with Gasteiger partial charge in [0.05, 0.1) is 0 Å². The number of thioether (sulfide) groups is 1. The molecule has 98 valence electrons. The van der Waals surface area contributed by atoms with E-state index in [1.807, 2.05) is 36.4 Å². The molecule has 0 saturated heterocycles. The number of carbonyl (C=O) groups excluding carboxylic acids is 1. The van der Waals surface area contributed by atoms with E-state index in [1.54, 1.807) is 19.0 Å². The van der Waals surface area contributed by atoms with E-state index in [0.717, 1.165) is 11.3 Å². The monoisotopic (exact) mass is 271 g/mol. The Kier molecular flexibility index (Phi) is 4.63. The molecule has 0 aromatic heterocycles. The van der Waals surface area contributed by atoms with Crippen molar-refractivity contribution in [2.75, 3.05) is 14.1 Å². The zero-order valence-electron chi connectivity index (χ0n) is 11.2. The van der Waals surface area contributed by atoms with Crippen LogP contribution in [0.1, 0.15) is 11.1 Å². The van der Waals surface area contributed by atoms with Crippen LogP contribution in [0.2, 0.25) is 0 Å². The first-order chi connectivity index (χ1) is 9.16. The van der Waals surface area contributed by atoms with Gasteiger partial charge in [-0.25, -0.2) is 0 Å². The summed E-state index contributed by atoms with van der Waals surface area (Å²) in [5.41, 5.74) is 2.45. The highest BCUT2D eigenvalue weighted by atomic mass is 32.2. The molecule has 1 amide bonds. The summed E-state index contributed by atoms with van der Waals surface area (Å²) in [6.45, 7) is 0. The van der Waals surface area contributed by atoms with Crippen LogP contribution in [0.3, 0.4) is 0 Å². The number of hydrogen-bond acceptors (Lipinski definition) is 2. The van der Waals surface area contributed by atoms with Gasteiger partial charge >= 0.3 is 0 Å². The summed E-state index contributed by atoms with van der Waals surface area (Å²) < 4.78 is 0. The predicted octanol–water partition coefficient (Wildman–Crippen LogP) is 4.05. The van der Waals surface area contributed by atoms with E-state index in [9.17, 15) is 4.79 Å². The third kappa shape index (κ3) is 3.86. The molecule has 0 radical (unpaired) electrons. The fourth-order valence-electron chi connectivity index (χ4n) is 1.75. The van der Waals surface area contributed by atoms with Crippen LogP contribution in [0.4, 0.5) is 4.79 Å². The minimum absolute atomic E-state index is 0.0560. The van der Waals surface area contributed by atoms with Crippen molar-refractivity contribution in [3.63, 3.8) is 0 Å². The van der Waals surface area contributed by atoms with Gasteiger partial charge in [-0.2, -0.15) is 0 Å². The average molecular weight is 271 g/mol. The highest BCUT2D eigenvalue weighted by Gasteiger charge is 2.10. The molecule has 0 spiro atoms. The average Bonchev–Trinajstić information content (AvgIpc) is 2.42. The lowest BCUT2D eigenvalue weighted by atomic mass is 10.1. The molecule has 19 heavy (non-hydrogen) atoms. The number of amides is 1. The van der Waals surface area contributed by atoms with Gasteiger partial charge in [0.25, 0.3) is 5.24 Å². The van der Waals surface area contributed by atoms with Crippen molar-refractivity contribution in [1.29, 1.82) is 0 Å². The maximum Gasteiger partial charge on any atom is 0.285 e. The third-order valence-electron chi connectivity index (χ3n) is 2.77. The van der Waals surface area contributed by atoms with Gasteiger partial charge in [0.2, 0.25) is 0 Å². The van der Waals surface area contributed by atoms with E-state index >= 15 is 0 Å². The van der Waals surface area contributed by atoms with Crippen molar-refractivity contribution in [1.82, 2.24) is 4.90 Å². The number of rotatable bonds is 3. The van der Waals surface area contributed by atoms with Gasteiger partial charge in [-0.05, 0) is 35.4 Å². The van der Waals surface area contributed by atoms with Gasteiger partial charge in [0.1, 0.15) is 0 Å². The molecule has 2 aromatic rings. The summed E-state index contributed by atoms with van der Waals surface area (Å²) in [4.78, 5) is 14.4. The van der Waals surface area contributed by atoms with Crippen LogP contribution in [0.25, 0.3) is 0 Å². The number of hydrogen-bond donors (Lipinski definition) is 0. The molecular weight excluding hydrogens is 254 g/mol. The lowest BCUT2D eigenvalue weighted by Gasteiger charge is -2.12. The number of benzene rings is 2. The summed E-state index contributed by atoms with van der Waals surface area (Å²) in [6, 6.07) is 18.4. The van der Waals surface area contributed by atoms with Crippen molar-refractivity contribution in [2.45, 2.75) is 11.3 Å². The Morgan fingerprint density at radius 2 is 1.63 bits per heavy atom. The van der Waals surface area contributed by atoms with Crippen molar-refractivity contribution < 1.29 is 4.79 Å². The summed E-state index contributed by atoms with van der Waals surface area (Å²) >= 11 is 1.28. The van der Waals surface area contributed by atoms with E-state index in [2.05, 4.69) is 18.2 Å². The Bertz CT molecular complexity index is 552. The molecule has 0 atom stereocenters. The number of nitrogens with zero attached hydrogens (tertiary/aromatic N) is 1. The summed E-state index contributed by atoms with van der Waals surface area (Å²) in [5, 5.41) is 0.0560. The van der Waals surface area contributed by atoms with Crippen LogP contribution in [-0.4, -0.2) is 24.2 Å². The lowest BCUT2D eigenvalue weighted by molar-refractivity contribution is 0.241. The molecule has 0 unspecified atom stereocenters. The lowest BCUT2D eigenvalue weighted by Crippen LogP contribution is -2.16. The highest BCUT2D eigenvalue weighted by Crippen LogP contribution is 2.26. The van der Waals surface area contributed by atoms with Gasteiger partial charge in [-0.15, -0.1) is 0 Å². The van der Waals surface area contributed by atoms with Crippen molar-refractivity contribution in [3.8, 4) is 0 Å². The largest absolute Gasteiger partial charge is 0.339 e. The molecule has 3 heteroatoms. The Labute approximate surface area is 118 Å². The SMILES string of the molecule is CN(C)C(=O)Sc1ccccc1Cc1ccccc1. The maximum absolute atomic E-state index is 11.8. The predicted molar refractivity (Wildman–Crippen MR) is 80.6 cm³/mol. The first-order valence-corrected chi connectivity index (χ1v) is 6.99. The summed E-state index contributed by atoms with van der Waals surface area (Å²) in [6.07, 6.45) is 0.852. The van der Waals surface area contributed by atoms with E-state index < -0.39 is 0 Å². The summed E-state index contributed by atoms with van der Waals surface area (Å²) in [7, 11) is 3.55. The normalized spacial score (nSPS) is 10.2. The fraction of sp³-hybridized carbons (Fsp3) is 0.188. The van der Waals surface area contributed by atoms with Crippen LogP contribution < -0.4 is 0 Å². The second-order valence-corrected chi connectivity index (χ2v) is 5.53. The van der Waals surface area contributed by atoms with Crippen molar-refractivity contribution >= 4 is 17.0 Å². The molecule has 2 nitrogen and oxygen atoms in total. The first kappa shape index (κ1) is 13.7. The van der Waals surface area contributed by atoms with Crippen LogP contribution >= 0.6 is 11.8 Å². The zero-order valence-corrected chi connectivity index (χ0v) is 12.0. The molecule has 0 aliphatic carbocycles. The van der Waals surface area contributed by atoms with E-state index in [4.69, 9.17) is 0 Å². The van der Waals surface area contributed by atoms with Gasteiger partial charge < -0.3 is 4.90 Å². The Balaban J connectivity index is 2.19. The minimum atomic E-state index is 0.0560. The van der Waals surface area contributed by atoms with Gasteiger partial charge in [-0.3, -0.25) is 4.79 Å². The molecule has 2 aromatic carbocycles. The minimum Gasteiger partial charge on any atom is -0.339 e. The standard InChI is InChI=1S/C16H17NOS/c1-17(2)16(18)19-15-11-7-6-10-14(15)12-13-8-4-3-5-9-13/h3-11H,12H2,1-2H3. The van der Waals surface area contributed by atoms with E-state index in [-0.39, 0.29) is 5.24 Å². The molecule has 0 N–H and O–H groups in total. The van der Waals surface area contributed by atoms with E-state index in [0.29, 0.717) is 0 Å². The quantitative estimate of drug-likeness (QED) is 0.785. The molecule has 0 aliphatic heterocycles. The second-order valence-electron chi connectivity index (χ2n) is 4.53. The molecule has 0 bridgehead atoms. The second kappa shape index (κ2) is 6.43. The fourth-order valence-corrected chi connectivity index (χ4v) is 2.54. The molecule has 2 rings (SSSR count). The molecule has 0 saturated carbocycles. The molecule has 0 heterocycles. The Morgan fingerprint density at radius 1 is 1.00 bits per heavy atom. The molecular formula is C16H17NOS. The smallest absolute Gasteiger partial charge is 0.285 e. The number of carbonyl (C=O) groups is 1. The van der Waals surface area contributed by atoms with Crippen molar-refractivity contribution in [3.05, 3.63) is 65.7 Å². The highest BCUT2D eigenvalue weighted by molar-refractivity contribution is 8.13. The molecule has 0 aliphatic rings. The molecule has 0 fully saturated rings. The Hall–Kier alpha value is -1.74. The Morgan fingerprint density at radius 3 is 2.32 bits per heavy atom. The topological polar surface area (TPSA) is 20.3 Å². The van der Waals surface area contributed by atoms with Crippen LogP contribution in [-0.2, 0) is 6.42 Å². The first-order valence-electron chi connectivity index (χ1n) is 6.18. The van der Waals surface area contributed by atoms with E-state index in [1.165, 1.54) is 22.9 Å². The van der Waals surface area contributed by atoms with Crippen LogP contribution in [0.5, 0.6) is 0 Å². The summed E-state index contributed by atoms with van der Waals surface area (Å²) in [5.74, 6) is 0. The zero-order chi connectivity index (χ0) is 13.7. The third-order valence-corrected chi connectivity index (χ3v) is 3.93. The van der Waals surface area contributed by atoms with Crippen LogP contribution in [0.15, 0.2) is 59.5 Å². The maximum atomic E-state index is 11.8. The van der Waals surface area contributed by atoms with Gasteiger partial charge in [0, 0.05) is 19.0 Å². The van der Waals surface area contributed by atoms with Crippen molar-refractivity contribution in [2.24, 2.45) is 0 Å².